The molecule has 0 N–H and O–H groups in total. The van der Waals surface area contributed by atoms with E-state index in [1.54, 1.807) is 12.3 Å². The van der Waals surface area contributed by atoms with Crippen molar-refractivity contribution >= 4 is 36.0 Å². The van der Waals surface area contributed by atoms with Gasteiger partial charge in [-0.2, -0.15) is 0 Å². The lowest BCUT2D eigenvalue weighted by Gasteiger charge is -2.44. The molecule has 0 aliphatic carbocycles. The normalized spacial score (nSPS) is 12.6. The molecule has 0 fully saturated rings. The van der Waals surface area contributed by atoms with Crippen molar-refractivity contribution in [3.8, 4) is 0 Å². The first-order valence-corrected chi connectivity index (χ1v) is 13.8. The summed E-state index contributed by atoms with van der Waals surface area (Å²) < 4.78 is 12.2. The fourth-order valence-electron chi connectivity index (χ4n) is 4.00. The van der Waals surface area contributed by atoms with E-state index < -0.39 is 8.32 Å². The first kappa shape index (κ1) is 24.4. The van der Waals surface area contributed by atoms with Crippen LogP contribution in [0.3, 0.4) is 0 Å². The lowest BCUT2D eigenvalue weighted by molar-refractivity contribution is 0.0520. The maximum Gasteiger partial charge on any atom is 0.357 e. The van der Waals surface area contributed by atoms with E-state index in [1.807, 2.05) is 12.1 Å². The first-order valence-electron chi connectivity index (χ1n) is 11.0. The van der Waals surface area contributed by atoms with Crippen molar-refractivity contribution in [2.45, 2.75) is 52.0 Å². The van der Waals surface area contributed by atoms with Crippen LogP contribution in [0.1, 0.15) is 57.0 Å². The number of aromatic nitrogens is 1. The van der Waals surface area contributed by atoms with E-state index in [4.69, 9.17) is 9.16 Å². The van der Waals surface area contributed by atoms with E-state index in [9.17, 15) is 4.79 Å². The van der Waals surface area contributed by atoms with E-state index in [-0.39, 0.29) is 16.4 Å². The summed E-state index contributed by atoms with van der Waals surface area (Å²) in [4.78, 5) is 16.7. The number of carbonyl (C=O) groups is 1. The molecule has 170 valence electrons. The molecule has 0 spiro atoms. The number of esters is 1. The van der Waals surface area contributed by atoms with E-state index in [2.05, 4.69) is 88.1 Å². The summed E-state index contributed by atoms with van der Waals surface area (Å²) in [7, 11) is -2.63. The van der Waals surface area contributed by atoms with E-state index in [0.717, 1.165) is 5.01 Å². The fourth-order valence-corrected chi connectivity index (χ4v) is 9.63. The van der Waals surface area contributed by atoms with Crippen molar-refractivity contribution in [3.63, 3.8) is 0 Å². The van der Waals surface area contributed by atoms with Crippen LogP contribution >= 0.6 is 11.3 Å². The van der Waals surface area contributed by atoms with Gasteiger partial charge in [-0.1, -0.05) is 95.3 Å². The molecule has 0 atom stereocenters. The van der Waals surface area contributed by atoms with Crippen molar-refractivity contribution < 1.29 is 14.0 Å². The Morgan fingerprint density at radius 3 is 1.94 bits per heavy atom. The molecule has 0 saturated carbocycles. The molecule has 1 aromatic heterocycles. The number of benzene rings is 2. The molecule has 0 amide bonds. The van der Waals surface area contributed by atoms with Crippen LogP contribution in [0, 0.1) is 0 Å². The van der Waals surface area contributed by atoms with Gasteiger partial charge in [0.05, 0.1) is 6.61 Å². The van der Waals surface area contributed by atoms with Crippen LogP contribution in [-0.2, 0) is 14.6 Å². The monoisotopic (exact) mass is 467 g/mol. The summed E-state index contributed by atoms with van der Waals surface area (Å²) >= 11 is 1.48. The Labute approximate surface area is 196 Å². The summed E-state index contributed by atoms with van der Waals surface area (Å²) in [5.41, 5.74) is 0.00743. The molecule has 0 bridgehead atoms. The van der Waals surface area contributed by atoms with Crippen LogP contribution in [0.4, 0.5) is 0 Å². The number of nitrogens with zero attached hydrogens (tertiary/aromatic N) is 1. The number of carbonyl (C=O) groups excluding carboxylic acids is 1. The highest BCUT2D eigenvalue weighted by atomic mass is 32.1. The SMILES string of the molecule is CCOC(=O)c1csc(C(C)(C)CO[Si](c2ccccc2)(c2ccccc2)C(C)(C)C)n1. The number of thiazole rings is 1. The van der Waals surface area contributed by atoms with Crippen LogP contribution in [-0.4, -0.2) is 32.5 Å². The third kappa shape index (κ3) is 4.87. The third-order valence-electron chi connectivity index (χ3n) is 5.63. The van der Waals surface area contributed by atoms with Crippen LogP contribution in [0.15, 0.2) is 66.0 Å². The van der Waals surface area contributed by atoms with Crippen molar-refractivity contribution in [1.82, 2.24) is 4.98 Å². The molecule has 0 radical (unpaired) electrons. The molecule has 0 aliphatic rings. The lowest BCUT2D eigenvalue weighted by atomic mass is 9.96. The summed E-state index contributed by atoms with van der Waals surface area (Å²) in [6.45, 7) is 13.7. The zero-order valence-corrected chi connectivity index (χ0v) is 21.7. The number of ether oxygens (including phenoxy) is 1. The van der Waals surface area contributed by atoms with Crippen molar-refractivity contribution in [2.75, 3.05) is 13.2 Å². The van der Waals surface area contributed by atoms with Crippen molar-refractivity contribution in [1.29, 1.82) is 0 Å². The van der Waals surface area contributed by atoms with E-state index >= 15 is 0 Å². The quantitative estimate of drug-likeness (QED) is 0.339. The number of hydrogen-bond donors (Lipinski definition) is 0. The molecule has 0 aliphatic heterocycles. The van der Waals surface area contributed by atoms with Crippen LogP contribution < -0.4 is 10.4 Å². The zero-order valence-electron chi connectivity index (χ0n) is 19.8. The van der Waals surface area contributed by atoms with Crippen molar-refractivity contribution in [2.24, 2.45) is 0 Å². The number of rotatable bonds is 8. The third-order valence-corrected chi connectivity index (χ3v) is 11.8. The van der Waals surface area contributed by atoms with Gasteiger partial charge in [0.25, 0.3) is 8.32 Å². The molecule has 4 nitrogen and oxygen atoms in total. The van der Waals surface area contributed by atoms with Gasteiger partial charge >= 0.3 is 5.97 Å². The molecule has 3 aromatic rings. The van der Waals surface area contributed by atoms with Crippen LogP contribution in [0.2, 0.25) is 5.04 Å². The minimum atomic E-state index is -2.63. The predicted molar refractivity (Wildman–Crippen MR) is 135 cm³/mol. The standard InChI is InChI=1S/C26H33NO3SSi/c1-7-29-23(28)22-18-31-24(27-22)26(5,6)19-30-32(25(2,3)4,20-14-10-8-11-15-20)21-16-12-9-13-17-21/h8-18H,7,19H2,1-6H3. The molecule has 0 saturated heterocycles. The van der Waals surface area contributed by atoms with Gasteiger partial charge in [0.1, 0.15) is 5.01 Å². The molecular weight excluding hydrogens is 434 g/mol. The molecule has 32 heavy (non-hydrogen) atoms. The maximum absolute atomic E-state index is 12.1. The Morgan fingerprint density at radius 1 is 0.938 bits per heavy atom. The minimum Gasteiger partial charge on any atom is -0.461 e. The lowest BCUT2D eigenvalue weighted by Crippen LogP contribution is -2.67. The summed E-state index contributed by atoms with van der Waals surface area (Å²) in [5, 5.41) is 5.06. The van der Waals surface area contributed by atoms with E-state index in [0.29, 0.717) is 18.9 Å². The minimum absolute atomic E-state index is 0.0925. The van der Waals surface area contributed by atoms with Gasteiger partial charge in [-0.15, -0.1) is 11.3 Å². The second-order valence-electron chi connectivity index (χ2n) is 9.59. The Kier molecular flexibility index (Phi) is 7.38. The maximum atomic E-state index is 12.1. The highest BCUT2D eigenvalue weighted by Crippen LogP contribution is 2.38. The molecule has 0 unspecified atom stereocenters. The van der Waals surface area contributed by atoms with Crippen LogP contribution in [0.25, 0.3) is 0 Å². The molecule has 6 heteroatoms. The Morgan fingerprint density at radius 2 is 1.47 bits per heavy atom. The molecule has 1 heterocycles. The molecule has 2 aromatic carbocycles. The summed E-state index contributed by atoms with van der Waals surface area (Å²) in [6, 6.07) is 21.2. The van der Waals surface area contributed by atoms with E-state index in [1.165, 1.54) is 21.7 Å². The highest BCUT2D eigenvalue weighted by molar-refractivity contribution is 7.10. The zero-order chi connectivity index (χ0) is 23.4. The van der Waals surface area contributed by atoms with Gasteiger partial charge in [0.15, 0.2) is 5.69 Å². The van der Waals surface area contributed by atoms with Gasteiger partial charge < -0.3 is 9.16 Å². The van der Waals surface area contributed by atoms with Gasteiger partial charge in [0, 0.05) is 17.4 Å². The Balaban J connectivity index is 2.00. The topological polar surface area (TPSA) is 48.4 Å². The van der Waals surface area contributed by atoms with Gasteiger partial charge in [-0.05, 0) is 22.3 Å². The second kappa shape index (κ2) is 9.69. The van der Waals surface area contributed by atoms with Crippen LogP contribution in [0.5, 0.6) is 0 Å². The smallest absolute Gasteiger partial charge is 0.357 e. The second-order valence-corrected chi connectivity index (χ2v) is 14.8. The number of hydrogen-bond acceptors (Lipinski definition) is 5. The summed E-state index contributed by atoms with van der Waals surface area (Å²) in [6.07, 6.45) is 0. The van der Waals surface area contributed by atoms with Gasteiger partial charge in [0.2, 0.25) is 0 Å². The summed E-state index contributed by atoms with van der Waals surface area (Å²) in [5.74, 6) is -0.376. The Hall–Kier alpha value is -2.28. The molecule has 3 rings (SSSR count). The highest BCUT2D eigenvalue weighted by Gasteiger charge is 2.51. The average molecular weight is 468 g/mol. The van der Waals surface area contributed by atoms with Gasteiger partial charge in [-0.3, -0.25) is 0 Å². The Bertz CT molecular complexity index is 986. The fraction of sp³-hybridized carbons (Fsp3) is 0.385. The van der Waals surface area contributed by atoms with Crippen molar-refractivity contribution in [3.05, 3.63) is 76.7 Å². The predicted octanol–water partition coefficient (Wildman–Crippen LogP) is 5.17. The van der Waals surface area contributed by atoms with Gasteiger partial charge in [-0.25, -0.2) is 9.78 Å². The largest absolute Gasteiger partial charge is 0.461 e. The first-order chi connectivity index (χ1) is 15.1. The molecular formula is C26H33NO3SSi. The average Bonchev–Trinajstić information content (AvgIpc) is 3.26.